The molecule has 8 nitrogen and oxygen atoms in total. The Morgan fingerprint density at radius 3 is 2.55 bits per heavy atom. The summed E-state index contributed by atoms with van der Waals surface area (Å²) in [6.45, 7) is 3.03. The number of anilines is 2. The Balaban J connectivity index is 2.03. The number of hydrogen-bond acceptors (Lipinski definition) is 8. The molecule has 172 valence electrons. The van der Waals surface area contributed by atoms with E-state index in [0.29, 0.717) is 20.7 Å². The zero-order valence-corrected chi connectivity index (χ0v) is 20.6. The molecule has 2 heterocycles. The van der Waals surface area contributed by atoms with Gasteiger partial charge in [0.15, 0.2) is 17.2 Å². The molecule has 0 radical (unpaired) electrons. The highest BCUT2D eigenvalue weighted by atomic mass is 79.9. The van der Waals surface area contributed by atoms with Crippen LogP contribution in [0.15, 0.2) is 53.3 Å². The van der Waals surface area contributed by atoms with Crippen LogP contribution in [0, 0.1) is 0 Å². The van der Waals surface area contributed by atoms with E-state index in [9.17, 15) is 14.4 Å². The first-order chi connectivity index (χ1) is 15.9. The van der Waals surface area contributed by atoms with Gasteiger partial charge in [0, 0.05) is 18.8 Å². The molecule has 0 saturated heterocycles. The van der Waals surface area contributed by atoms with Gasteiger partial charge in [-0.25, -0.2) is 9.59 Å². The average Bonchev–Trinajstić information content (AvgIpc) is 3.14. The topological polar surface area (TPSA) is 95.0 Å². The Hall–Kier alpha value is -3.24. The highest BCUT2D eigenvalue weighted by molar-refractivity contribution is 9.10. The van der Waals surface area contributed by atoms with Crippen molar-refractivity contribution in [2.75, 3.05) is 25.2 Å². The number of halogens is 1. The van der Waals surface area contributed by atoms with Gasteiger partial charge in [-0.2, -0.15) is 0 Å². The van der Waals surface area contributed by atoms with E-state index in [-0.39, 0.29) is 29.7 Å². The maximum atomic E-state index is 12.4. The Morgan fingerprint density at radius 1 is 1.15 bits per heavy atom. The van der Waals surface area contributed by atoms with Crippen LogP contribution in [0.2, 0.25) is 0 Å². The van der Waals surface area contributed by atoms with Crippen molar-refractivity contribution < 1.29 is 28.6 Å². The van der Waals surface area contributed by atoms with Crippen LogP contribution in [0.3, 0.4) is 0 Å². The number of methoxy groups -OCH3 is 1. The van der Waals surface area contributed by atoms with Gasteiger partial charge >= 0.3 is 11.9 Å². The van der Waals surface area contributed by atoms with Crippen LogP contribution >= 0.6 is 27.3 Å². The van der Waals surface area contributed by atoms with Crippen molar-refractivity contribution in [3.8, 4) is 16.2 Å². The molecular weight excluding hydrogens is 512 g/mol. The number of nitrogens with zero attached hydrogens (tertiary/aromatic N) is 2. The monoisotopic (exact) mass is 532 g/mol. The van der Waals surface area contributed by atoms with Crippen LogP contribution in [-0.2, 0) is 19.1 Å². The predicted octanol–water partition coefficient (Wildman–Crippen LogP) is 4.99. The number of amides is 1. The number of rotatable bonds is 8. The molecule has 0 aliphatic carbocycles. The van der Waals surface area contributed by atoms with E-state index in [1.54, 1.807) is 43.6 Å². The summed E-state index contributed by atoms with van der Waals surface area (Å²) in [6.07, 6.45) is 3.24. The number of hydrogen-bond donors (Lipinski definition) is 0. The third kappa shape index (κ3) is 5.58. The number of pyridine rings is 1. The van der Waals surface area contributed by atoms with Gasteiger partial charge in [-0.15, -0.1) is 11.3 Å². The first-order valence-electron chi connectivity index (χ1n) is 9.87. The fourth-order valence-electron chi connectivity index (χ4n) is 3.06. The van der Waals surface area contributed by atoms with Crippen LogP contribution in [0.25, 0.3) is 10.4 Å². The lowest BCUT2D eigenvalue weighted by molar-refractivity contribution is -0.145. The van der Waals surface area contributed by atoms with E-state index in [1.807, 2.05) is 12.1 Å². The molecule has 0 spiro atoms. The number of thiophene rings is 1. The van der Waals surface area contributed by atoms with Gasteiger partial charge in [0.1, 0.15) is 0 Å². The highest BCUT2D eigenvalue weighted by Gasteiger charge is 2.26. The van der Waals surface area contributed by atoms with E-state index in [4.69, 9.17) is 14.2 Å². The van der Waals surface area contributed by atoms with Crippen molar-refractivity contribution in [2.45, 2.75) is 13.8 Å². The maximum Gasteiger partial charge on any atom is 0.351 e. The smallest absolute Gasteiger partial charge is 0.351 e. The third-order valence-electron chi connectivity index (χ3n) is 4.41. The van der Waals surface area contributed by atoms with Gasteiger partial charge in [0.25, 0.3) is 0 Å². The standard InChI is InChI=1S/C23H21BrN2O6S/c1-4-31-18(28)13-32-20-19(24)21(33-22(20)23(29)30-3)15-7-5-8-16(11-15)26(14(2)27)17-9-6-10-25-12-17/h5-12H,4,13H2,1-3H3. The van der Waals surface area contributed by atoms with Crippen molar-refractivity contribution in [3.63, 3.8) is 0 Å². The van der Waals surface area contributed by atoms with Gasteiger partial charge in [-0.3, -0.25) is 14.7 Å². The van der Waals surface area contributed by atoms with Crippen molar-refractivity contribution in [2.24, 2.45) is 0 Å². The summed E-state index contributed by atoms with van der Waals surface area (Å²) >= 11 is 4.64. The van der Waals surface area contributed by atoms with Crippen LogP contribution in [-0.4, -0.2) is 43.2 Å². The van der Waals surface area contributed by atoms with Crippen LogP contribution < -0.4 is 9.64 Å². The number of carbonyl (C=O) groups is 3. The Morgan fingerprint density at radius 2 is 1.91 bits per heavy atom. The minimum Gasteiger partial charge on any atom is -0.479 e. The number of carbonyl (C=O) groups excluding carboxylic acids is 3. The van der Waals surface area contributed by atoms with E-state index in [2.05, 4.69) is 20.9 Å². The largest absolute Gasteiger partial charge is 0.479 e. The first-order valence-corrected chi connectivity index (χ1v) is 11.5. The van der Waals surface area contributed by atoms with Crippen molar-refractivity contribution in [1.82, 2.24) is 4.98 Å². The maximum absolute atomic E-state index is 12.4. The molecule has 3 aromatic rings. The van der Waals surface area contributed by atoms with E-state index < -0.39 is 11.9 Å². The zero-order chi connectivity index (χ0) is 24.0. The minimum absolute atomic E-state index is 0.181. The zero-order valence-electron chi connectivity index (χ0n) is 18.2. The molecule has 0 N–H and O–H groups in total. The van der Waals surface area contributed by atoms with E-state index in [0.717, 1.165) is 16.9 Å². The normalized spacial score (nSPS) is 10.4. The summed E-state index contributed by atoms with van der Waals surface area (Å²) in [6, 6.07) is 10.8. The summed E-state index contributed by atoms with van der Waals surface area (Å²) in [4.78, 5) is 43.0. The second-order valence-electron chi connectivity index (χ2n) is 6.60. The van der Waals surface area contributed by atoms with E-state index in [1.165, 1.54) is 18.9 Å². The molecule has 0 aliphatic heterocycles. The van der Waals surface area contributed by atoms with Crippen LogP contribution in [0.4, 0.5) is 11.4 Å². The summed E-state index contributed by atoms with van der Waals surface area (Å²) in [7, 11) is 1.27. The molecule has 0 bridgehead atoms. The SMILES string of the molecule is CCOC(=O)COc1c(C(=O)OC)sc(-c2cccc(N(C(C)=O)c3cccnc3)c2)c1Br. The van der Waals surface area contributed by atoms with Crippen LogP contribution in [0.5, 0.6) is 5.75 Å². The summed E-state index contributed by atoms with van der Waals surface area (Å²) in [5.74, 6) is -1.14. The Kier molecular flexibility index (Phi) is 8.18. The molecule has 3 rings (SSSR count). The number of esters is 2. The highest BCUT2D eigenvalue weighted by Crippen LogP contribution is 2.46. The van der Waals surface area contributed by atoms with Gasteiger partial charge in [0.05, 0.1) is 35.0 Å². The first kappa shape index (κ1) is 24.4. The van der Waals surface area contributed by atoms with Crippen LogP contribution in [0.1, 0.15) is 23.5 Å². The fraction of sp³-hybridized carbons (Fsp3) is 0.217. The molecule has 0 unspecified atom stereocenters. The minimum atomic E-state index is -0.595. The second kappa shape index (κ2) is 11.1. The molecule has 1 amide bonds. The Bertz CT molecular complexity index is 1170. The van der Waals surface area contributed by atoms with Crippen molar-refractivity contribution in [1.29, 1.82) is 0 Å². The third-order valence-corrected chi connectivity index (χ3v) is 6.62. The molecule has 2 aromatic heterocycles. The van der Waals surface area contributed by atoms with Gasteiger partial charge in [-0.05, 0) is 52.7 Å². The lowest BCUT2D eigenvalue weighted by Gasteiger charge is -2.21. The molecule has 0 fully saturated rings. The summed E-state index contributed by atoms with van der Waals surface area (Å²) in [5.41, 5.74) is 1.98. The average molecular weight is 533 g/mol. The van der Waals surface area contributed by atoms with Crippen molar-refractivity contribution >= 4 is 56.5 Å². The van der Waals surface area contributed by atoms with Crippen molar-refractivity contribution in [3.05, 3.63) is 58.1 Å². The van der Waals surface area contributed by atoms with Gasteiger partial charge in [0.2, 0.25) is 5.91 Å². The second-order valence-corrected chi connectivity index (χ2v) is 8.42. The molecule has 0 aliphatic rings. The molecule has 0 atom stereocenters. The number of ether oxygens (including phenoxy) is 3. The lowest BCUT2D eigenvalue weighted by atomic mass is 10.1. The Labute approximate surface area is 203 Å². The molecule has 33 heavy (non-hydrogen) atoms. The number of benzene rings is 1. The predicted molar refractivity (Wildman–Crippen MR) is 128 cm³/mol. The molecule has 0 saturated carbocycles. The van der Waals surface area contributed by atoms with E-state index >= 15 is 0 Å². The molecular formula is C23H21BrN2O6S. The summed E-state index contributed by atoms with van der Waals surface area (Å²) in [5, 5.41) is 0. The summed E-state index contributed by atoms with van der Waals surface area (Å²) < 4.78 is 15.9. The number of aromatic nitrogens is 1. The lowest BCUT2D eigenvalue weighted by Crippen LogP contribution is -2.22. The van der Waals surface area contributed by atoms with Gasteiger partial charge in [-0.1, -0.05) is 12.1 Å². The fourth-order valence-corrected chi connectivity index (χ4v) is 5.02. The molecule has 10 heteroatoms. The molecule has 1 aromatic carbocycles. The van der Waals surface area contributed by atoms with Gasteiger partial charge < -0.3 is 14.2 Å². The quantitative estimate of drug-likeness (QED) is 0.377.